The minimum Gasteiger partial charge on any atom is -0.282 e. The molecule has 1 aromatic rings. The van der Waals surface area contributed by atoms with E-state index >= 15 is 0 Å². The van der Waals surface area contributed by atoms with Gasteiger partial charge >= 0.3 is 0 Å². The van der Waals surface area contributed by atoms with Gasteiger partial charge in [-0.3, -0.25) is 4.79 Å². The molecule has 82 valence electrons. The normalized spacial score (nSPS) is 11.6. The molecule has 0 saturated carbocycles. The summed E-state index contributed by atoms with van der Waals surface area (Å²) in [4.78, 5) is 11.3. The molecule has 0 unspecified atom stereocenters. The zero-order valence-corrected chi connectivity index (χ0v) is 10.9. The zero-order valence-electron chi connectivity index (χ0n) is 10.0. The second kappa shape index (κ2) is 4.01. The van der Waals surface area contributed by atoms with Gasteiger partial charge in [0.1, 0.15) is 0 Å². The minimum atomic E-state index is -0.148. The summed E-state index contributed by atoms with van der Waals surface area (Å²) < 4.78 is 0. The Morgan fingerprint density at radius 2 is 1.53 bits per heavy atom. The van der Waals surface area contributed by atoms with E-state index < -0.39 is 0 Å². The molecule has 0 radical (unpaired) electrons. The van der Waals surface area contributed by atoms with E-state index in [1.54, 1.807) is 0 Å². The summed E-state index contributed by atoms with van der Waals surface area (Å²) in [5, 5.41) is -0.148. The Hall–Kier alpha value is -0.760. The van der Waals surface area contributed by atoms with Crippen molar-refractivity contribution in [3.8, 4) is 0 Å². The van der Waals surface area contributed by atoms with Gasteiger partial charge in [0, 0.05) is 5.56 Å². The summed E-state index contributed by atoms with van der Waals surface area (Å²) in [5.41, 5.74) is 4.15. The molecule has 0 N–H and O–H groups in total. The first-order valence-electron chi connectivity index (χ1n) is 5.08. The van der Waals surface area contributed by atoms with Crippen LogP contribution in [-0.2, 0) is 5.41 Å². The molecule has 1 aromatic carbocycles. The quantitative estimate of drug-likeness (QED) is 0.717. The Kier molecular flexibility index (Phi) is 3.29. The SMILES string of the molecule is Cc1cc(C(C)(C)C)cc(C)c1C(=O)S. The highest BCUT2D eigenvalue weighted by Crippen LogP contribution is 2.27. The second-order valence-electron chi connectivity index (χ2n) is 5.04. The molecule has 1 rings (SSSR count). The van der Waals surface area contributed by atoms with E-state index in [-0.39, 0.29) is 10.5 Å². The Bertz CT molecular complexity index is 376. The number of rotatable bonds is 1. The van der Waals surface area contributed by atoms with E-state index in [1.165, 1.54) is 5.56 Å². The molecule has 0 amide bonds. The van der Waals surface area contributed by atoms with Gasteiger partial charge in [0.05, 0.1) is 0 Å². The molecule has 0 atom stereocenters. The second-order valence-corrected chi connectivity index (χ2v) is 5.45. The number of hydrogen-bond acceptors (Lipinski definition) is 1. The van der Waals surface area contributed by atoms with E-state index in [0.717, 1.165) is 16.7 Å². The number of hydrogen-bond donors (Lipinski definition) is 1. The van der Waals surface area contributed by atoms with Crippen molar-refractivity contribution >= 4 is 17.7 Å². The van der Waals surface area contributed by atoms with Crippen LogP contribution >= 0.6 is 12.6 Å². The van der Waals surface area contributed by atoms with E-state index in [4.69, 9.17) is 0 Å². The third kappa shape index (κ3) is 2.63. The number of carbonyl (C=O) groups excluding carboxylic acids is 1. The highest BCUT2D eigenvalue weighted by atomic mass is 32.1. The van der Waals surface area contributed by atoms with Gasteiger partial charge in [0.15, 0.2) is 0 Å². The molecular formula is C13H18OS. The van der Waals surface area contributed by atoms with Gasteiger partial charge in [0.25, 0.3) is 0 Å². The fraction of sp³-hybridized carbons (Fsp3) is 0.462. The smallest absolute Gasteiger partial charge is 0.216 e. The topological polar surface area (TPSA) is 17.1 Å². The molecule has 0 spiro atoms. The van der Waals surface area contributed by atoms with Crippen LogP contribution in [0.2, 0.25) is 0 Å². The Morgan fingerprint density at radius 3 is 1.80 bits per heavy atom. The molecular weight excluding hydrogens is 204 g/mol. The van der Waals surface area contributed by atoms with Gasteiger partial charge in [-0.1, -0.05) is 32.9 Å². The molecule has 15 heavy (non-hydrogen) atoms. The standard InChI is InChI=1S/C13H18OS/c1-8-6-10(13(3,4)5)7-9(2)11(8)12(14)15/h6-7H,1-5H3,(H,14,15). The summed E-state index contributed by atoms with van der Waals surface area (Å²) in [7, 11) is 0. The molecule has 0 saturated heterocycles. The summed E-state index contributed by atoms with van der Waals surface area (Å²) in [6, 6.07) is 4.16. The maximum Gasteiger partial charge on any atom is 0.216 e. The lowest BCUT2D eigenvalue weighted by atomic mass is 9.84. The highest BCUT2D eigenvalue weighted by Gasteiger charge is 2.17. The monoisotopic (exact) mass is 222 g/mol. The molecule has 0 aliphatic carbocycles. The summed E-state index contributed by atoms with van der Waals surface area (Å²) >= 11 is 3.89. The molecule has 2 heteroatoms. The Morgan fingerprint density at radius 1 is 1.13 bits per heavy atom. The fourth-order valence-electron chi connectivity index (χ4n) is 1.73. The fourth-order valence-corrected chi connectivity index (χ4v) is 2.09. The molecule has 0 aliphatic rings. The van der Waals surface area contributed by atoms with E-state index in [2.05, 4.69) is 45.5 Å². The maximum atomic E-state index is 11.3. The molecule has 0 heterocycles. The first kappa shape index (κ1) is 12.3. The number of carbonyl (C=O) groups is 1. The van der Waals surface area contributed by atoms with Crippen molar-refractivity contribution in [1.82, 2.24) is 0 Å². The Balaban J connectivity index is 3.39. The first-order valence-corrected chi connectivity index (χ1v) is 5.53. The van der Waals surface area contributed by atoms with Gasteiger partial charge in [-0.15, -0.1) is 12.6 Å². The minimum absolute atomic E-state index is 0.119. The third-order valence-corrected chi connectivity index (χ3v) is 2.84. The van der Waals surface area contributed by atoms with Crippen LogP contribution in [0.5, 0.6) is 0 Å². The van der Waals surface area contributed by atoms with Crippen LogP contribution < -0.4 is 0 Å². The zero-order chi connectivity index (χ0) is 11.8. The van der Waals surface area contributed by atoms with Crippen LogP contribution in [0.3, 0.4) is 0 Å². The number of thiol groups is 1. The van der Waals surface area contributed by atoms with Gasteiger partial charge in [-0.05, 0) is 36.0 Å². The van der Waals surface area contributed by atoms with Crippen molar-refractivity contribution in [3.63, 3.8) is 0 Å². The van der Waals surface area contributed by atoms with Crippen LogP contribution in [0.4, 0.5) is 0 Å². The van der Waals surface area contributed by atoms with Gasteiger partial charge in [-0.25, -0.2) is 0 Å². The molecule has 0 aliphatic heterocycles. The average molecular weight is 222 g/mol. The van der Waals surface area contributed by atoms with Crippen LogP contribution in [0.15, 0.2) is 12.1 Å². The van der Waals surface area contributed by atoms with E-state index in [9.17, 15) is 4.79 Å². The van der Waals surface area contributed by atoms with Crippen molar-refractivity contribution in [2.75, 3.05) is 0 Å². The van der Waals surface area contributed by atoms with Crippen molar-refractivity contribution < 1.29 is 4.79 Å². The van der Waals surface area contributed by atoms with Crippen LogP contribution in [0.25, 0.3) is 0 Å². The first-order chi connectivity index (χ1) is 6.73. The summed E-state index contributed by atoms with van der Waals surface area (Å²) in [6.07, 6.45) is 0. The molecule has 1 nitrogen and oxygen atoms in total. The molecule has 0 aromatic heterocycles. The van der Waals surface area contributed by atoms with E-state index in [1.807, 2.05) is 13.8 Å². The molecule has 0 bridgehead atoms. The third-order valence-electron chi connectivity index (χ3n) is 2.61. The Labute approximate surface area is 97.3 Å². The van der Waals surface area contributed by atoms with Gasteiger partial charge in [0.2, 0.25) is 5.12 Å². The average Bonchev–Trinajstić information content (AvgIpc) is 1.99. The van der Waals surface area contributed by atoms with Crippen molar-refractivity contribution in [1.29, 1.82) is 0 Å². The largest absolute Gasteiger partial charge is 0.282 e. The van der Waals surface area contributed by atoms with Crippen LogP contribution in [0.1, 0.15) is 47.8 Å². The van der Waals surface area contributed by atoms with Crippen molar-refractivity contribution in [3.05, 3.63) is 34.4 Å². The van der Waals surface area contributed by atoms with Crippen molar-refractivity contribution in [2.45, 2.75) is 40.0 Å². The maximum absolute atomic E-state index is 11.3. The lowest BCUT2D eigenvalue weighted by Crippen LogP contribution is -2.13. The van der Waals surface area contributed by atoms with Gasteiger partial charge in [-0.2, -0.15) is 0 Å². The molecule has 0 fully saturated rings. The lowest BCUT2D eigenvalue weighted by Gasteiger charge is -2.21. The lowest BCUT2D eigenvalue weighted by molar-refractivity contribution is 0.109. The van der Waals surface area contributed by atoms with Crippen molar-refractivity contribution in [2.24, 2.45) is 0 Å². The number of aryl methyl sites for hydroxylation is 2. The van der Waals surface area contributed by atoms with Crippen LogP contribution in [-0.4, -0.2) is 5.12 Å². The predicted octanol–water partition coefficient (Wildman–Crippen LogP) is 3.67. The predicted molar refractivity (Wildman–Crippen MR) is 67.9 cm³/mol. The highest BCUT2D eigenvalue weighted by molar-refractivity contribution is 7.97. The van der Waals surface area contributed by atoms with Gasteiger partial charge < -0.3 is 0 Å². The number of benzene rings is 1. The van der Waals surface area contributed by atoms with Crippen LogP contribution in [0, 0.1) is 13.8 Å². The van der Waals surface area contributed by atoms with E-state index in [0.29, 0.717) is 0 Å². The summed E-state index contributed by atoms with van der Waals surface area (Å²) in [5.74, 6) is 0. The summed E-state index contributed by atoms with van der Waals surface area (Å²) in [6.45, 7) is 10.4.